The number of piperidine rings is 1. The molecule has 2 aliphatic rings. The van der Waals surface area contributed by atoms with Crippen LogP contribution in [0, 0.1) is 0 Å². The molecule has 1 atom stereocenters. The molecule has 2 amide bonds. The van der Waals surface area contributed by atoms with E-state index in [-0.39, 0.29) is 17.9 Å². The first-order valence-corrected chi connectivity index (χ1v) is 12.5. The minimum absolute atomic E-state index is 0.00577. The van der Waals surface area contributed by atoms with Crippen LogP contribution in [0.3, 0.4) is 0 Å². The van der Waals surface area contributed by atoms with Gasteiger partial charge in [0.2, 0.25) is 5.91 Å². The molecule has 0 radical (unpaired) electrons. The number of fused-ring (bicyclic) bond motifs is 1. The number of likely N-dealkylation sites (N-methyl/N-ethyl adjacent to an activating group) is 1. The molecule has 0 aromatic carbocycles. The van der Waals surface area contributed by atoms with Gasteiger partial charge < -0.3 is 10.6 Å². The van der Waals surface area contributed by atoms with Gasteiger partial charge in [-0.05, 0) is 73.6 Å². The molecule has 1 aliphatic heterocycles. The second kappa shape index (κ2) is 9.24. The van der Waals surface area contributed by atoms with Crippen LogP contribution in [0.2, 0.25) is 0 Å². The van der Waals surface area contributed by atoms with Crippen LogP contribution in [0.4, 0.5) is 5.00 Å². The molecule has 2 aromatic heterocycles. The Bertz CT molecular complexity index is 910. The Labute approximate surface area is 187 Å². The zero-order valence-corrected chi connectivity index (χ0v) is 19.6. The summed E-state index contributed by atoms with van der Waals surface area (Å²) in [4.78, 5) is 34.6. The minimum atomic E-state index is -0.117. The lowest BCUT2D eigenvalue weighted by Crippen LogP contribution is -2.44. The Kier molecular flexibility index (Phi) is 6.68. The van der Waals surface area contributed by atoms with Gasteiger partial charge in [-0.1, -0.05) is 6.42 Å². The van der Waals surface area contributed by atoms with Crippen LogP contribution in [0.5, 0.6) is 0 Å². The summed E-state index contributed by atoms with van der Waals surface area (Å²) in [6, 6.07) is -0.117. The molecule has 2 N–H and O–H groups in total. The molecule has 0 spiro atoms. The van der Waals surface area contributed by atoms with Crippen LogP contribution in [0.15, 0.2) is 10.1 Å². The highest BCUT2D eigenvalue weighted by atomic mass is 79.9. The summed E-state index contributed by atoms with van der Waals surface area (Å²) in [5, 5.41) is 6.85. The van der Waals surface area contributed by atoms with Crippen LogP contribution < -0.4 is 10.6 Å². The average molecular weight is 497 g/mol. The van der Waals surface area contributed by atoms with Crippen LogP contribution >= 0.6 is 38.6 Å². The highest BCUT2D eigenvalue weighted by Gasteiger charge is 2.30. The molecule has 1 fully saturated rings. The second-order valence-electron chi connectivity index (χ2n) is 7.66. The molecule has 2 aromatic rings. The quantitative estimate of drug-likeness (QED) is 0.650. The zero-order valence-electron chi connectivity index (χ0n) is 16.4. The van der Waals surface area contributed by atoms with Gasteiger partial charge in [0.25, 0.3) is 5.91 Å². The van der Waals surface area contributed by atoms with E-state index < -0.39 is 0 Å². The number of nitrogens with one attached hydrogen (secondary N) is 2. The van der Waals surface area contributed by atoms with Crippen molar-refractivity contribution in [3.63, 3.8) is 0 Å². The van der Waals surface area contributed by atoms with E-state index in [2.05, 4.69) is 36.4 Å². The molecule has 4 rings (SSSR count). The van der Waals surface area contributed by atoms with E-state index >= 15 is 0 Å². The number of rotatable bonds is 5. The summed E-state index contributed by atoms with van der Waals surface area (Å²) in [7, 11) is 2.00. The zero-order chi connectivity index (χ0) is 20.4. The third-order valence-electron chi connectivity index (χ3n) is 5.66. The lowest BCUT2D eigenvalue weighted by molar-refractivity contribution is -0.121. The van der Waals surface area contributed by atoms with Crippen molar-refractivity contribution in [2.24, 2.45) is 0 Å². The lowest BCUT2D eigenvalue weighted by atomic mass is 9.95. The molecule has 3 heterocycles. The molecule has 1 aliphatic carbocycles. The molecule has 0 saturated carbocycles. The second-order valence-corrected chi connectivity index (χ2v) is 11.2. The Morgan fingerprint density at radius 2 is 2.07 bits per heavy atom. The SMILES string of the molecule is CN1CCCC[C@@H]1C(=O)Nc1sc2c(c1C(=O)NCc1cnc(Br)s1)CCCC2. The smallest absolute Gasteiger partial charge is 0.254 e. The fraction of sp³-hybridized carbons (Fsp3) is 0.550. The average Bonchev–Trinajstić information content (AvgIpc) is 3.29. The topological polar surface area (TPSA) is 74.3 Å². The summed E-state index contributed by atoms with van der Waals surface area (Å²) in [5.41, 5.74) is 1.79. The molecule has 6 nitrogen and oxygen atoms in total. The molecule has 9 heteroatoms. The van der Waals surface area contributed by atoms with E-state index in [1.807, 2.05) is 7.05 Å². The number of hydrogen-bond acceptors (Lipinski definition) is 6. The Hall–Kier alpha value is -1.29. The third-order valence-corrected chi connectivity index (χ3v) is 8.34. The minimum Gasteiger partial charge on any atom is -0.347 e. The van der Waals surface area contributed by atoms with Gasteiger partial charge in [0.05, 0.1) is 18.2 Å². The van der Waals surface area contributed by atoms with E-state index in [0.717, 1.165) is 65.8 Å². The van der Waals surface area contributed by atoms with Gasteiger partial charge in [-0.25, -0.2) is 4.98 Å². The Morgan fingerprint density at radius 1 is 1.24 bits per heavy atom. The predicted octanol–water partition coefficient (Wildman–Crippen LogP) is 4.20. The third kappa shape index (κ3) is 4.73. The fourth-order valence-corrected chi connectivity index (χ4v) is 6.70. The van der Waals surface area contributed by atoms with Gasteiger partial charge in [0.1, 0.15) is 5.00 Å². The number of thiazole rings is 1. The van der Waals surface area contributed by atoms with Crippen molar-refractivity contribution < 1.29 is 9.59 Å². The first-order valence-electron chi connectivity index (χ1n) is 10.1. The van der Waals surface area contributed by atoms with Crippen molar-refractivity contribution in [3.05, 3.63) is 31.0 Å². The van der Waals surface area contributed by atoms with Crippen molar-refractivity contribution >= 4 is 55.4 Å². The largest absolute Gasteiger partial charge is 0.347 e. The predicted molar refractivity (Wildman–Crippen MR) is 121 cm³/mol. The van der Waals surface area contributed by atoms with Gasteiger partial charge in [0, 0.05) is 16.0 Å². The number of hydrogen-bond donors (Lipinski definition) is 2. The summed E-state index contributed by atoms with van der Waals surface area (Å²) in [6.07, 6.45) is 8.96. The monoisotopic (exact) mass is 496 g/mol. The first kappa shape index (κ1) is 21.0. The number of thiophene rings is 1. The highest BCUT2D eigenvalue weighted by molar-refractivity contribution is 9.11. The van der Waals surface area contributed by atoms with Crippen molar-refractivity contribution in [1.29, 1.82) is 0 Å². The summed E-state index contributed by atoms with van der Waals surface area (Å²) in [6.45, 7) is 1.38. The van der Waals surface area contributed by atoms with Crippen LogP contribution in [-0.4, -0.2) is 41.3 Å². The maximum atomic E-state index is 13.1. The number of carbonyl (C=O) groups is 2. The number of aromatic nitrogens is 1. The number of carbonyl (C=O) groups excluding carboxylic acids is 2. The number of anilines is 1. The van der Waals surface area contributed by atoms with Crippen molar-refractivity contribution in [3.8, 4) is 0 Å². The van der Waals surface area contributed by atoms with Crippen LogP contribution in [-0.2, 0) is 24.2 Å². The molecule has 0 unspecified atom stereocenters. The van der Waals surface area contributed by atoms with Crippen LogP contribution in [0.25, 0.3) is 0 Å². The van der Waals surface area contributed by atoms with Gasteiger partial charge in [-0.15, -0.1) is 22.7 Å². The van der Waals surface area contributed by atoms with Crippen molar-refractivity contribution in [1.82, 2.24) is 15.2 Å². The van der Waals surface area contributed by atoms with Gasteiger partial charge in [-0.3, -0.25) is 14.5 Å². The van der Waals surface area contributed by atoms with E-state index in [1.165, 1.54) is 16.2 Å². The Balaban J connectivity index is 1.54. The highest BCUT2D eigenvalue weighted by Crippen LogP contribution is 2.38. The summed E-state index contributed by atoms with van der Waals surface area (Å²) >= 11 is 6.44. The number of likely N-dealkylation sites (tertiary alicyclic amines) is 1. The number of aryl methyl sites for hydroxylation is 1. The molecular weight excluding hydrogens is 472 g/mol. The maximum Gasteiger partial charge on any atom is 0.254 e. The normalized spacial score (nSPS) is 19.6. The number of halogens is 1. The first-order chi connectivity index (χ1) is 14.0. The molecule has 1 saturated heterocycles. The van der Waals surface area contributed by atoms with Crippen molar-refractivity contribution in [2.75, 3.05) is 18.9 Å². The Morgan fingerprint density at radius 3 is 2.83 bits per heavy atom. The number of nitrogens with zero attached hydrogens (tertiary/aromatic N) is 2. The fourth-order valence-electron chi connectivity index (χ4n) is 4.12. The van der Waals surface area contributed by atoms with E-state index in [9.17, 15) is 9.59 Å². The standard InChI is InChI=1S/C20H25BrN4O2S2/c1-25-9-5-4-7-14(25)17(26)24-19-16(13-6-2-3-8-15(13)29-19)18(27)22-10-12-11-23-20(21)28-12/h11,14H,2-10H2,1H3,(H,22,27)(H,24,26)/t14-/m1/s1. The molecule has 156 valence electrons. The van der Waals surface area contributed by atoms with E-state index in [4.69, 9.17) is 0 Å². The molecular formula is C20H25BrN4O2S2. The van der Waals surface area contributed by atoms with Gasteiger partial charge >= 0.3 is 0 Å². The van der Waals surface area contributed by atoms with Crippen LogP contribution in [0.1, 0.15) is 57.8 Å². The number of amides is 2. The lowest BCUT2D eigenvalue weighted by Gasteiger charge is -2.31. The van der Waals surface area contributed by atoms with E-state index in [0.29, 0.717) is 17.1 Å². The maximum absolute atomic E-state index is 13.1. The molecule has 29 heavy (non-hydrogen) atoms. The summed E-state index contributed by atoms with van der Waals surface area (Å²) < 4.78 is 0.805. The molecule has 0 bridgehead atoms. The van der Waals surface area contributed by atoms with E-state index in [1.54, 1.807) is 17.5 Å². The van der Waals surface area contributed by atoms with Gasteiger partial charge in [-0.2, -0.15) is 0 Å². The summed E-state index contributed by atoms with van der Waals surface area (Å²) in [5.74, 6) is -0.104. The van der Waals surface area contributed by atoms with Crippen molar-refractivity contribution in [2.45, 2.75) is 57.5 Å². The van der Waals surface area contributed by atoms with Gasteiger partial charge in [0.15, 0.2) is 3.92 Å².